The second-order valence-corrected chi connectivity index (χ2v) is 7.07. The summed E-state index contributed by atoms with van der Waals surface area (Å²) in [5.41, 5.74) is 0.0200. The molecule has 25 heavy (non-hydrogen) atoms. The van der Waals surface area contributed by atoms with Crippen molar-refractivity contribution < 1.29 is 38.2 Å². The Morgan fingerprint density at radius 3 is 1.28 bits per heavy atom. The SMILES string of the molecule is CC(C)N=C([N-]C(C)C)NC(C)(C)C.[CH]1[CH][CH][CH][CH]1.[CH]1[CH][CH][CH][CH]1.[Dy+3]. The Morgan fingerprint density at radius 1 is 0.760 bits per heavy atom. The van der Waals surface area contributed by atoms with Crippen LogP contribution in [0.1, 0.15) is 48.5 Å². The maximum absolute atomic E-state index is 4.44. The van der Waals surface area contributed by atoms with Gasteiger partial charge in [0.2, 0.25) is 0 Å². The first-order valence-electron chi connectivity index (χ1n) is 8.61. The van der Waals surface area contributed by atoms with Crippen LogP contribution in [0.3, 0.4) is 0 Å². The molecule has 2 fully saturated rings. The van der Waals surface area contributed by atoms with Crippen molar-refractivity contribution in [1.29, 1.82) is 0 Å². The Hall–Kier alpha value is 0.543. The van der Waals surface area contributed by atoms with Gasteiger partial charge in [-0.2, -0.15) is 0 Å². The zero-order chi connectivity index (χ0) is 18.4. The smallest absolute Gasteiger partial charge is 0.435 e. The van der Waals surface area contributed by atoms with E-state index < -0.39 is 0 Å². The predicted molar refractivity (Wildman–Crippen MR) is 107 cm³/mol. The molecule has 0 unspecified atom stereocenters. The first-order valence-corrected chi connectivity index (χ1v) is 8.61. The molecule has 2 saturated carbocycles. The molecule has 0 bridgehead atoms. The van der Waals surface area contributed by atoms with E-state index in [-0.39, 0.29) is 55.8 Å². The summed E-state index contributed by atoms with van der Waals surface area (Å²) in [7, 11) is 0. The molecule has 0 heterocycles. The van der Waals surface area contributed by atoms with Crippen molar-refractivity contribution in [1.82, 2.24) is 5.32 Å². The molecular formula is C21H34DyN3+2. The quantitative estimate of drug-likeness (QED) is 0.431. The van der Waals surface area contributed by atoms with Crippen LogP contribution in [0, 0.1) is 102 Å². The van der Waals surface area contributed by atoms with Gasteiger partial charge in [0.05, 0.1) is 0 Å². The van der Waals surface area contributed by atoms with E-state index in [1.165, 1.54) is 0 Å². The number of hydrogen-bond acceptors (Lipinski definition) is 1. The normalized spacial score (nSPS) is 17.2. The molecule has 0 spiro atoms. The van der Waals surface area contributed by atoms with Gasteiger partial charge in [-0.1, -0.05) is 48.5 Å². The standard InChI is InChI=1S/C11H24N3.2C5H5.Dy/c1-8(2)12-10(13-9(3)4)14-11(5,6)7;2*1-2-4-5-3-1;/h8-9H,1-7H3,(H-,12,13,14);2*1-5H;/q-1;;;+3. The second kappa shape index (κ2) is 16.7. The fraction of sp³-hybridized carbons (Fsp3) is 0.476. The zero-order valence-electron chi connectivity index (χ0n) is 16.6. The molecule has 2 rings (SSSR count). The minimum Gasteiger partial charge on any atom is -0.435 e. The van der Waals surface area contributed by atoms with Gasteiger partial charge in [-0.3, -0.25) is 0 Å². The van der Waals surface area contributed by atoms with Crippen LogP contribution in [0.25, 0.3) is 5.32 Å². The number of nitrogens with zero attached hydrogens (tertiary/aromatic N) is 2. The third-order valence-corrected chi connectivity index (χ3v) is 2.36. The number of nitrogens with one attached hydrogen (secondary N) is 1. The predicted octanol–water partition coefficient (Wildman–Crippen LogP) is 4.96. The van der Waals surface area contributed by atoms with Crippen LogP contribution < -0.4 is 5.32 Å². The average Bonchev–Trinajstić information content (AvgIpc) is 3.15. The van der Waals surface area contributed by atoms with Crippen LogP contribution in [-0.4, -0.2) is 23.6 Å². The van der Waals surface area contributed by atoms with E-state index in [0.29, 0.717) is 0 Å². The van der Waals surface area contributed by atoms with Gasteiger partial charge >= 0.3 is 38.2 Å². The van der Waals surface area contributed by atoms with Crippen molar-refractivity contribution in [2.75, 3.05) is 0 Å². The van der Waals surface area contributed by atoms with Gasteiger partial charge in [-0.05, 0) is 81.8 Å². The van der Waals surface area contributed by atoms with Crippen LogP contribution in [0.4, 0.5) is 0 Å². The molecule has 0 saturated heterocycles. The van der Waals surface area contributed by atoms with Crippen molar-refractivity contribution >= 4 is 5.96 Å². The molecule has 11 radical (unpaired) electrons. The fourth-order valence-electron chi connectivity index (χ4n) is 1.56. The summed E-state index contributed by atoms with van der Waals surface area (Å²) < 4.78 is 0. The molecule has 2 aliphatic rings. The summed E-state index contributed by atoms with van der Waals surface area (Å²) in [6, 6.07) is 0.560. The Labute approximate surface area is 189 Å². The van der Waals surface area contributed by atoms with Gasteiger partial charge in [0.1, 0.15) is 0 Å². The molecule has 0 aliphatic heterocycles. The third kappa shape index (κ3) is 22.5. The Balaban J connectivity index is 0. The van der Waals surface area contributed by atoms with Gasteiger partial charge in [0.15, 0.2) is 0 Å². The Bertz CT molecular complexity index is 286. The fourth-order valence-corrected chi connectivity index (χ4v) is 1.56. The second-order valence-electron chi connectivity index (χ2n) is 7.07. The van der Waals surface area contributed by atoms with E-state index in [4.69, 9.17) is 0 Å². The largest absolute Gasteiger partial charge is 3.00 e. The van der Waals surface area contributed by atoms with Gasteiger partial charge in [-0.25, -0.2) is 0 Å². The van der Waals surface area contributed by atoms with E-state index in [2.05, 4.69) is 64.1 Å². The first kappa shape index (κ1) is 27.8. The zero-order valence-corrected chi connectivity index (χ0v) is 18.7. The molecular weight excluding hydrogens is 457 g/mol. The van der Waals surface area contributed by atoms with Crippen molar-refractivity contribution in [2.45, 2.75) is 66.1 Å². The first-order chi connectivity index (χ1) is 11.2. The Kier molecular flexibility index (Phi) is 18.5. The molecule has 2 aliphatic carbocycles. The molecule has 4 heteroatoms. The van der Waals surface area contributed by atoms with Crippen molar-refractivity contribution in [3.05, 3.63) is 69.5 Å². The number of rotatable bonds is 2. The maximum Gasteiger partial charge on any atom is 3.00 e. The van der Waals surface area contributed by atoms with Crippen molar-refractivity contribution in [3.8, 4) is 0 Å². The molecule has 1 N–H and O–H groups in total. The van der Waals surface area contributed by atoms with Gasteiger partial charge in [0.25, 0.3) is 0 Å². The minimum absolute atomic E-state index is 0. The van der Waals surface area contributed by atoms with E-state index in [0.717, 1.165) is 5.96 Å². The molecule has 0 aromatic rings. The number of aliphatic imine (C=N–C) groups is 1. The third-order valence-electron chi connectivity index (χ3n) is 2.36. The molecule has 0 atom stereocenters. The molecule has 0 aromatic heterocycles. The monoisotopic (exact) mass is 492 g/mol. The molecule has 141 valence electrons. The maximum atomic E-state index is 4.44. The average molecular weight is 491 g/mol. The minimum atomic E-state index is 0. The van der Waals surface area contributed by atoms with E-state index in [1.807, 2.05) is 64.2 Å². The summed E-state index contributed by atoms with van der Waals surface area (Å²) in [5.74, 6) is 0.766. The van der Waals surface area contributed by atoms with Crippen LogP contribution in [0.5, 0.6) is 0 Å². The van der Waals surface area contributed by atoms with Gasteiger partial charge < -0.3 is 15.6 Å². The van der Waals surface area contributed by atoms with Gasteiger partial charge in [0, 0.05) is 5.96 Å². The molecule has 0 aromatic carbocycles. The summed E-state index contributed by atoms with van der Waals surface area (Å²) in [6.45, 7) is 14.6. The molecule has 0 amide bonds. The van der Waals surface area contributed by atoms with Crippen molar-refractivity contribution in [2.24, 2.45) is 4.99 Å². The topological polar surface area (TPSA) is 38.5 Å². The number of hydrogen-bond donors (Lipinski definition) is 1. The summed E-state index contributed by atoms with van der Waals surface area (Å²) in [4.78, 5) is 4.44. The van der Waals surface area contributed by atoms with Crippen LogP contribution in [0.2, 0.25) is 0 Å². The Morgan fingerprint density at radius 2 is 1.08 bits per heavy atom. The van der Waals surface area contributed by atoms with E-state index in [1.54, 1.807) is 0 Å². The number of guanidine groups is 1. The molecule has 3 nitrogen and oxygen atoms in total. The van der Waals surface area contributed by atoms with Gasteiger partial charge in [-0.15, -0.1) is 0 Å². The van der Waals surface area contributed by atoms with Crippen LogP contribution >= 0.6 is 0 Å². The summed E-state index contributed by atoms with van der Waals surface area (Å²) in [6.07, 6.45) is 20.0. The van der Waals surface area contributed by atoms with Crippen molar-refractivity contribution in [3.63, 3.8) is 0 Å². The summed E-state index contributed by atoms with van der Waals surface area (Å²) in [5, 5.41) is 7.74. The van der Waals surface area contributed by atoms with Crippen LogP contribution in [0.15, 0.2) is 4.99 Å². The van der Waals surface area contributed by atoms with E-state index >= 15 is 0 Å². The summed E-state index contributed by atoms with van der Waals surface area (Å²) >= 11 is 0. The van der Waals surface area contributed by atoms with Crippen LogP contribution in [-0.2, 0) is 0 Å². The van der Waals surface area contributed by atoms with E-state index in [9.17, 15) is 0 Å².